The summed E-state index contributed by atoms with van der Waals surface area (Å²) in [5.74, 6) is 13.7. The van der Waals surface area contributed by atoms with E-state index < -0.39 is 0 Å². The maximum Gasteiger partial charge on any atom is 0.0323 e. The molecule has 0 radical (unpaired) electrons. The third-order valence-electron chi connectivity index (χ3n) is 3.39. The van der Waals surface area contributed by atoms with Crippen LogP contribution in [0.15, 0.2) is 54.3 Å². The van der Waals surface area contributed by atoms with Crippen molar-refractivity contribution in [2.24, 2.45) is 11.8 Å². The number of rotatable bonds is 2. The lowest BCUT2D eigenvalue weighted by molar-refractivity contribution is 0.866. The number of benzene rings is 2. The zero-order valence-corrected chi connectivity index (χ0v) is 15.4. The quantitative estimate of drug-likeness (QED) is 0.467. The zero-order chi connectivity index (χ0) is 18.1. The molecule has 0 aliphatic carbocycles. The Morgan fingerprint density at radius 2 is 1.04 bits per heavy atom. The highest BCUT2D eigenvalue weighted by molar-refractivity contribution is 5.65. The molecule has 0 heterocycles. The highest BCUT2D eigenvalue weighted by atomic mass is 14.0. The minimum absolute atomic E-state index is 0.360. The third-order valence-corrected chi connectivity index (χ3v) is 3.39. The summed E-state index contributed by atoms with van der Waals surface area (Å²) in [4.78, 5) is 0. The second-order valence-corrected chi connectivity index (χ2v) is 6.48. The van der Waals surface area contributed by atoms with Crippen molar-refractivity contribution in [3.8, 4) is 23.7 Å². The summed E-state index contributed by atoms with van der Waals surface area (Å²) >= 11 is 0. The second-order valence-electron chi connectivity index (χ2n) is 6.48. The number of hydrogen-bond acceptors (Lipinski definition) is 0. The van der Waals surface area contributed by atoms with Crippen LogP contribution in [-0.4, -0.2) is 0 Å². The maximum absolute atomic E-state index is 3.29. The van der Waals surface area contributed by atoms with E-state index >= 15 is 0 Å². The molecule has 124 valence electrons. The Morgan fingerprint density at radius 3 is 1.44 bits per heavy atom. The van der Waals surface area contributed by atoms with Crippen LogP contribution in [0.25, 0.3) is 12.2 Å². The molecule has 2 aromatic carbocycles. The van der Waals surface area contributed by atoms with E-state index in [4.69, 9.17) is 0 Å². The van der Waals surface area contributed by atoms with Crippen LogP contribution in [0.2, 0.25) is 0 Å². The molecule has 0 bridgehead atoms. The summed E-state index contributed by atoms with van der Waals surface area (Å²) < 4.78 is 0. The average Bonchev–Trinajstić information content (AvgIpc) is 2.60. The van der Waals surface area contributed by atoms with Gasteiger partial charge in [0.1, 0.15) is 0 Å². The van der Waals surface area contributed by atoms with E-state index in [1.165, 1.54) is 0 Å². The Kier molecular flexibility index (Phi) is 6.92. The van der Waals surface area contributed by atoms with Gasteiger partial charge in [-0.3, -0.25) is 0 Å². The van der Waals surface area contributed by atoms with Gasteiger partial charge in [-0.1, -0.05) is 87.8 Å². The Morgan fingerprint density at radius 1 is 0.640 bits per heavy atom. The van der Waals surface area contributed by atoms with Crippen LogP contribution in [-0.2, 0) is 0 Å². The molecule has 0 aliphatic heterocycles. The summed E-state index contributed by atoms with van der Waals surface area (Å²) in [6, 6.07) is 16.3. The smallest absolute Gasteiger partial charge is 0.0323 e. The Hall–Kier alpha value is -2.92. The first kappa shape index (κ1) is 18.4. The van der Waals surface area contributed by atoms with Crippen molar-refractivity contribution in [1.82, 2.24) is 0 Å². The normalized spacial score (nSPS) is 9.52. The van der Waals surface area contributed by atoms with E-state index in [1.54, 1.807) is 0 Å². The second kappa shape index (κ2) is 9.39. The first-order valence-electron chi connectivity index (χ1n) is 8.70. The maximum atomic E-state index is 3.29. The fraction of sp³-hybridized carbons (Fsp3) is 0.240. The molecule has 0 heteroatoms. The average molecular weight is 324 g/mol. The molecule has 0 spiro atoms. The minimum Gasteiger partial charge on any atom is -0.119 e. The largest absolute Gasteiger partial charge is 0.119 e. The standard InChI is InChI=1S/C25H24/c1-20(2)16-18-24-12-7-5-10-22(24)14-9-15-23-11-6-8-13-25(23)19-17-21(3)4/h5-8,10-15,20-21H,1-4H3. The first-order chi connectivity index (χ1) is 12.1. The van der Waals surface area contributed by atoms with Crippen LogP contribution in [0, 0.1) is 35.5 Å². The lowest BCUT2D eigenvalue weighted by Gasteiger charge is -1.98. The van der Waals surface area contributed by atoms with E-state index in [2.05, 4.69) is 69.2 Å². The van der Waals surface area contributed by atoms with Gasteiger partial charge in [-0.05, 0) is 35.4 Å². The monoisotopic (exact) mass is 324 g/mol. The summed E-state index contributed by atoms with van der Waals surface area (Å²) in [5, 5.41) is 0. The molecule has 0 amide bonds. The molecule has 0 aliphatic rings. The molecular weight excluding hydrogens is 300 g/mol. The summed E-state index contributed by atoms with van der Waals surface area (Å²) in [7, 11) is 0. The van der Waals surface area contributed by atoms with E-state index in [-0.39, 0.29) is 0 Å². The first-order valence-corrected chi connectivity index (χ1v) is 8.70. The van der Waals surface area contributed by atoms with E-state index in [1.807, 2.05) is 48.6 Å². The van der Waals surface area contributed by atoms with Crippen LogP contribution in [0.1, 0.15) is 49.9 Å². The lowest BCUT2D eigenvalue weighted by Crippen LogP contribution is -1.84. The lowest BCUT2D eigenvalue weighted by atomic mass is 10.1. The van der Waals surface area contributed by atoms with Gasteiger partial charge in [-0.15, -0.1) is 5.73 Å². The highest BCUT2D eigenvalue weighted by Crippen LogP contribution is 2.12. The van der Waals surface area contributed by atoms with Crippen LogP contribution in [0.5, 0.6) is 0 Å². The van der Waals surface area contributed by atoms with Crippen molar-refractivity contribution in [3.63, 3.8) is 0 Å². The summed E-state index contributed by atoms with van der Waals surface area (Å²) in [5.41, 5.74) is 7.52. The fourth-order valence-corrected chi connectivity index (χ4v) is 2.14. The topological polar surface area (TPSA) is 0 Å². The highest BCUT2D eigenvalue weighted by Gasteiger charge is 1.96. The van der Waals surface area contributed by atoms with Crippen LogP contribution in [0.3, 0.4) is 0 Å². The number of hydrogen-bond donors (Lipinski definition) is 0. The Labute approximate surface area is 152 Å². The fourth-order valence-electron chi connectivity index (χ4n) is 2.14. The van der Waals surface area contributed by atoms with E-state index in [9.17, 15) is 0 Å². The predicted molar refractivity (Wildman–Crippen MR) is 109 cm³/mol. The molecule has 25 heavy (non-hydrogen) atoms. The van der Waals surface area contributed by atoms with Crippen molar-refractivity contribution in [2.75, 3.05) is 0 Å². The van der Waals surface area contributed by atoms with Crippen molar-refractivity contribution in [2.45, 2.75) is 27.7 Å². The molecule has 0 saturated heterocycles. The SMILES string of the molecule is CC(C)C#Cc1ccccc1C=C=Cc1ccccc1C#CC(C)C. The predicted octanol–water partition coefficient (Wildman–Crippen LogP) is 6.03. The Balaban J connectivity index is 2.33. The van der Waals surface area contributed by atoms with Gasteiger partial charge >= 0.3 is 0 Å². The zero-order valence-electron chi connectivity index (χ0n) is 15.4. The van der Waals surface area contributed by atoms with Gasteiger partial charge < -0.3 is 0 Å². The molecule has 0 fully saturated rings. The van der Waals surface area contributed by atoms with Gasteiger partial charge in [0.25, 0.3) is 0 Å². The van der Waals surface area contributed by atoms with Crippen LogP contribution in [0.4, 0.5) is 0 Å². The van der Waals surface area contributed by atoms with Crippen molar-refractivity contribution in [3.05, 3.63) is 76.5 Å². The van der Waals surface area contributed by atoms with Gasteiger partial charge in [-0.2, -0.15) is 0 Å². The summed E-state index contributed by atoms with van der Waals surface area (Å²) in [6.45, 7) is 8.39. The summed E-state index contributed by atoms with van der Waals surface area (Å²) in [6.07, 6.45) is 3.97. The van der Waals surface area contributed by atoms with Gasteiger partial charge in [0.05, 0.1) is 0 Å². The van der Waals surface area contributed by atoms with E-state index in [0.717, 1.165) is 22.3 Å². The minimum atomic E-state index is 0.360. The van der Waals surface area contributed by atoms with Gasteiger partial charge in [0, 0.05) is 23.0 Å². The van der Waals surface area contributed by atoms with Gasteiger partial charge in [-0.25, -0.2) is 0 Å². The van der Waals surface area contributed by atoms with Crippen molar-refractivity contribution >= 4 is 12.2 Å². The molecular formula is C25H24. The van der Waals surface area contributed by atoms with Crippen molar-refractivity contribution in [1.29, 1.82) is 0 Å². The van der Waals surface area contributed by atoms with Crippen LogP contribution < -0.4 is 0 Å². The third kappa shape index (κ3) is 6.24. The molecule has 2 rings (SSSR count). The van der Waals surface area contributed by atoms with Gasteiger partial charge in [0.2, 0.25) is 0 Å². The van der Waals surface area contributed by atoms with Crippen molar-refractivity contribution < 1.29 is 0 Å². The molecule has 0 aromatic heterocycles. The van der Waals surface area contributed by atoms with Crippen LogP contribution >= 0.6 is 0 Å². The molecule has 0 atom stereocenters. The molecule has 0 unspecified atom stereocenters. The molecule has 0 N–H and O–H groups in total. The Bertz CT molecular complexity index is 823. The van der Waals surface area contributed by atoms with E-state index in [0.29, 0.717) is 11.8 Å². The molecule has 2 aromatic rings. The molecule has 0 saturated carbocycles. The molecule has 0 nitrogen and oxygen atoms in total. The van der Waals surface area contributed by atoms with Gasteiger partial charge in [0.15, 0.2) is 0 Å².